The van der Waals surface area contributed by atoms with Crippen molar-refractivity contribution in [3.63, 3.8) is 0 Å². The molecule has 0 spiro atoms. The van der Waals surface area contributed by atoms with E-state index >= 15 is 0 Å². The van der Waals surface area contributed by atoms with Gasteiger partial charge in [0.05, 0.1) is 30.0 Å². The average Bonchev–Trinajstić information content (AvgIpc) is 3.09. The van der Waals surface area contributed by atoms with Gasteiger partial charge in [-0.05, 0) is 18.2 Å². The predicted octanol–water partition coefficient (Wildman–Crippen LogP) is 3.10. The lowest BCUT2D eigenvalue weighted by atomic mass is 10.1. The average molecular weight is 418 g/mol. The van der Waals surface area contributed by atoms with Gasteiger partial charge in [-0.25, -0.2) is 0 Å². The molecule has 0 atom stereocenters. The number of hydrogen-bond donors (Lipinski definition) is 1. The van der Waals surface area contributed by atoms with Gasteiger partial charge in [-0.15, -0.1) is 10.2 Å². The van der Waals surface area contributed by atoms with Gasteiger partial charge in [0.25, 0.3) is 5.89 Å². The number of halogens is 1. The smallest absolute Gasteiger partial charge is 0.251 e. The SMILES string of the molecule is Cc1nnc(-c2cnc3ccc(Br)cc3c2NCCN2CCOCC2)o1. The van der Waals surface area contributed by atoms with Gasteiger partial charge in [0.15, 0.2) is 0 Å². The molecule has 2 aromatic heterocycles. The number of aromatic nitrogens is 3. The summed E-state index contributed by atoms with van der Waals surface area (Å²) >= 11 is 3.55. The molecule has 136 valence electrons. The van der Waals surface area contributed by atoms with Gasteiger partial charge in [0.2, 0.25) is 5.89 Å². The van der Waals surface area contributed by atoms with Gasteiger partial charge in [0, 0.05) is 49.2 Å². The Morgan fingerprint density at radius 2 is 2.08 bits per heavy atom. The van der Waals surface area contributed by atoms with Crippen LogP contribution in [0.2, 0.25) is 0 Å². The van der Waals surface area contributed by atoms with E-state index in [1.54, 1.807) is 13.1 Å². The molecule has 1 aromatic carbocycles. The Labute approximate surface area is 159 Å². The highest BCUT2D eigenvalue weighted by Gasteiger charge is 2.16. The minimum Gasteiger partial charge on any atom is -0.421 e. The topological polar surface area (TPSA) is 76.3 Å². The number of nitrogens with one attached hydrogen (secondary N) is 1. The van der Waals surface area contributed by atoms with Crippen LogP contribution in [-0.2, 0) is 4.74 Å². The summed E-state index contributed by atoms with van der Waals surface area (Å²) in [6, 6.07) is 6.05. The summed E-state index contributed by atoms with van der Waals surface area (Å²) in [5.74, 6) is 1.01. The molecule has 8 heteroatoms. The molecule has 1 N–H and O–H groups in total. The molecule has 0 unspecified atom stereocenters. The number of pyridine rings is 1. The number of nitrogens with zero attached hydrogens (tertiary/aromatic N) is 4. The number of anilines is 1. The first-order valence-electron chi connectivity index (χ1n) is 8.63. The molecule has 3 heterocycles. The zero-order valence-corrected chi connectivity index (χ0v) is 16.1. The Morgan fingerprint density at radius 3 is 2.85 bits per heavy atom. The third-order valence-electron chi connectivity index (χ3n) is 4.42. The minimum atomic E-state index is 0.478. The third-order valence-corrected chi connectivity index (χ3v) is 4.91. The van der Waals surface area contributed by atoms with Crippen molar-refractivity contribution in [1.29, 1.82) is 0 Å². The largest absolute Gasteiger partial charge is 0.421 e. The molecular formula is C18H20BrN5O2. The molecule has 1 aliphatic rings. The normalized spacial score (nSPS) is 15.5. The molecule has 0 aliphatic carbocycles. The van der Waals surface area contributed by atoms with E-state index in [1.165, 1.54) is 0 Å². The fourth-order valence-corrected chi connectivity index (χ4v) is 3.45. The minimum absolute atomic E-state index is 0.478. The maximum atomic E-state index is 5.64. The van der Waals surface area contributed by atoms with Crippen LogP contribution in [0, 0.1) is 6.92 Å². The molecule has 1 fully saturated rings. The first-order valence-corrected chi connectivity index (χ1v) is 9.43. The van der Waals surface area contributed by atoms with Crippen molar-refractivity contribution in [3.8, 4) is 11.5 Å². The molecule has 0 bridgehead atoms. The highest BCUT2D eigenvalue weighted by Crippen LogP contribution is 2.34. The first-order chi connectivity index (χ1) is 12.7. The molecule has 0 saturated carbocycles. The lowest BCUT2D eigenvalue weighted by molar-refractivity contribution is 0.0398. The summed E-state index contributed by atoms with van der Waals surface area (Å²) in [5.41, 5.74) is 2.70. The molecule has 7 nitrogen and oxygen atoms in total. The van der Waals surface area contributed by atoms with Crippen molar-refractivity contribution in [3.05, 3.63) is 34.8 Å². The highest BCUT2D eigenvalue weighted by atomic mass is 79.9. The van der Waals surface area contributed by atoms with Gasteiger partial charge in [-0.1, -0.05) is 15.9 Å². The van der Waals surface area contributed by atoms with Crippen LogP contribution in [0.4, 0.5) is 5.69 Å². The van der Waals surface area contributed by atoms with Crippen LogP contribution in [0.5, 0.6) is 0 Å². The van der Waals surface area contributed by atoms with Crippen molar-refractivity contribution >= 4 is 32.5 Å². The summed E-state index contributed by atoms with van der Waals surface area (Å²) in [5, 5.41) is 12.7. The fraction of sp³-hybridized carbons (Fsp3) is 0.389. The monoisotopic (exact) mass is 417 g/mol. The van der Waals surface area contributed by atoms with Crippen LogP contribution < -0.4 is 5.32 Å². The highest BCUT2D eigenvalue weighted by molar-refractivity contribution is 9.10. The van der Waals surface area contributed by atoms with Crippen molar-refractivity contribution in [2.75, 3.05) is 44.7 Å². The van der Waals surface area contributed by atoms with Crippen LogP contribution in [0.1, 0.15) is 5.89 Å². The Hall–Kier alpha value is -2.03. The Balaban J connectivity index is 1.65. The number of hydrogen-bond acceptors (Lipinski definition) is 7. The van der Waals surface area contributed by atoms with E-state index in [-0.39, 0.29) is 0 Å². The standard InChI is InChI=1S/C18H20BrN5O2/c1-12-22-23-18(26-12)15-11-21-16-3-2-13(19)10-14(16)17(15)20-4-5-24-6-8-25-9-7-24/h2-3,10-11H,4-9H2,1H3,(H,20,21). The number of rotatable bonds is 5. The summed E-state index contributed by atoms with van der Waals surface area (Å²) in [4.78, 5) is 6.95. The van der Waals surface area contributed by atoms with E-state index in [9.17, 15) is 0 Å². The first kappa shape index (κ1) is 17.4. The molecular weight excluding hydrogens is 398 g/mol. The maximum absolute atomic E-state index is 5.64. The van der Waals surface area contributed by atoms with Crippen LogP contribution >= 0.6 is 15.9 Å². The quantitative estimate of drug-likeness (QED) is 0.683. The second-order valence-corrected chi connectivity index (χ2v) is 7.13. The molecule has 1 saturated heterocycles. The molecule has 3 aromatic rings. The van der Waals surface area contributed by atoms with Crippen LogP contribution in [0.25, 0.3) is 22.4 Å². The number of fused-ring (bicyclic) bond motifs is 1. The maximum Gasteiger partial charge on any atom is 0.251 e. The molecule has 0 amide bonds. The van der Waals surface area contributed by atoms with Crippen molar-refractivity contribution in [2.45, 2.75) is 6.92 Å². The van der Waals surface area contributed by atoms with E-state index in [4.69, 9.17) is 9.15 Å². The Morgan fingerprint density at radius 1 is 1.23 bits per heavy atom. The lowest BCUT2D eigenvalue weighted by Gasteiger charge is -2.26. The summed E-state index contributed by atoms with van der Waals surface area (Å²) < 4.78 is 12.1. The van der Waals surface area contributed by atoms with E-state index in [1.807, 2.05) is 12.1 Å². The van der Waals surface area contributed by atoms with E-state index < -0.39 is 0 Å². The van der Waals surface area contributed by atoms with Gasteiger partial charge in [-0.2, -0.15) is 0 Å². The van der Waals surface area contributed by atoms with E-state index in [0.29, 0.717) is 11.8 Å². The number of ether oxygens (including phenoxy) is 1. The summed E-state index contributed by atoms with van der Waals surface area (Å²) in [6.45, 7) is 7.09. The van der Waals surface area contributed by atoms with Gasteiger partial charge in [0.1, 0.15) is 0 Å². The van der Waals surface area contributed by atoms with Crippen LogP contribution in [0.15, 0.2) is 33.3 Å². The third kappa shape index (κ3) is 3.72. The van der Waals surface area contributed by atoms with E-state index in [0.717, 1.165) is 66.0 Å². The summed E-state index contributed by atoms with van der Waals surface area (Å²) in [6.07, 6.45) is 1.79. The van der Waals surface area contributed by atoms with Crippen LogP contribution in [0.3, 0.4) is 0 Å². The Bertz CT molecular complexity index is 908. The van der Waals surface area contributed by atoms with Gasteiger partial charge in [-0.3, -0.25) is 9.88 Å². The predicted molar refractivity (Wildman–Crippen MR) is 103 cm³/mol. The number of morpholine rings is 1. The molecule has 1 aliphatic heterocycles. The summed E-state index contributed by atoms with van der Waals surface area (Å²) in [7, 11) is 0. The van der Waals surface area contributed by atoms with Crippen molar-refractivity contribution in [1.82, 2.24) is 20.1 Å². The zero-order valence-electron chi connectivity index (χ0n) is 14.5. The lowest BCUT2D eigenvalue weighted by Crippen LogP contribution is -2.39. The molecule has 26 heavy (non-hydrogen) atoms. The Kier molecular flexibility index (Phi) is 5.14. The van der Waals surface area contributed by atoms with Crippen LogP contribution in [-0.4, -0.2) is 59.5 Å². The second kappa shape index (κ2) is 7.69. The van der Waals surface area contributed by atoms with Crippen molar-refractivity contribution < 1.29 is 9.15 Å². The molecule has 0 radical (unpaired) electrons. The second-order valence-electron chi connectivity index (χ2n) is 6.22. The molecule has 4 rings (SSSR count). The van der Waals surface area contributed by atoms with Crippen molar-refractivity contribution in [2.24, 2.45) is 0 Å². The van der Waals surface area contributed by atoms with Gasteiger partial charge < -0.3 is 14.5 Å². The fourth-order valence-electron chi connectivity index (χ4n) is 3.09. The van der Waals surface area contributed by atoms with Gasteiger partial charge >= 0.3 is 0 Å². The van der Waals surface area contributed by atoms with E-state index in [2.05, 4.69) is 47.4 Å². The zero-order chi connectivity index (χ0) is 17.9. The number of aryl methyl sites for hydroxylation is 1. The number of benzene rings is 1.